The van der Waals surface area contributed by atoms with E-state index in [-0.39, 0.29) is 22.6 Å². The molecule has 36 heavy (non-hydrogen) atoms. The number of amides is 1. The normalized spacial score (nSPS) is 15.1. The Morgan fingerprint density at radius 1 is 1.08 bits per heavy atom. The van der Waals surface area contributed by atoms with E-state index in [4.69, 9.17) is 4.42 Å². The number of hydrogen-bond acceptors (Lipinski definition) is 4. The molecule has 1 amide bonds. The van der Waals surface area contributed by atoms with Gasteiger partial charge in [-0.25, -0.2) is 18.2 Å². The van der Waals surface area contributed by atoms with Crippen molar-refractivity contribution < 1.29 is 27.2 Å². The lowest BCUT2D eigenvalue weighted by atomic mass is 9.77. The maximum Gasteiger partial charge on any atom is 0.252 e. The van der Waals surface area contributed by atoms with Crippen molar-refractivity contribution in [1.82, 2.24) is 10.3 Å². The number of nitrogens with zero attached hydrogens (tertiary/aromatic N) is 1. The Morgan fingerprint density at radius 2 is 1.86 bits per heavy atom. The summed E-state index contributed by atoms with van der Waals surface area (Å²) in [4.78, 5) is 30.3. The second kappa shape index (κ2) is 10.9. The zero-order chi connectivity index (χ0) is 25.8. The molecule has 0 bridgehead atoms. The first kappa shape index (κ1) is 25.4. The molecule has 1 aromatic heterocycles. The first-order chi connectivity index (χ1) is 17.3. The zero-order valence-electron chi connectivity index (χ0n) is 20.1. The van der Waals surface area contributed by atoms with Crippen LogP contribution in [0.25, 0.3) is 5.57 Å². The molecule has 0 radical (unpaired) electrons. The molecule has 4 rings (SSSR count). The molecular formula is C28H27F3N2O3. The minimum absolute atomic E-state index is 0.0486. The number of hydrogen-bond donors (Lipinski definition) is 1. The summed E-state index contributed by atoms with van der Waals surface area (Å²) in [5, 5.41) is 2.98. The van der Waals surface area contributed by atoms with E-state index < -0.39 is 35.2 Å². The smallest absolute Gasteiger partial charge is 0.252 e. The van der Waals surface area contributed by atoms with E-state index in [1.165, 1.54) is 37.6 Å². The van der Waals surface area contributed by atoms with Gasteiger partial charge in [-0.15, -0.1) is 0 Å². The van der Waals surface area contributed by atoms with Crippen LogP contribution in [0, 0.1) is 23.4 Å². The van der Waals surface area contributed by atoms with Crippen molar-refractivity contribution in [3.8, 4) is 0 Å². The summed E-state index contributed by atoms with van der Waals surface area (Å²) in [6.45, 7) is 2.99. The number of allylic oxidation sites excluding steroid dienone is 1. The summed E-state index contributed by atoms with van der Waals surface area (Å²) in [7, 11) is 0. The van der Waals surface area contributed by atoms with E-state index >= 15 is 0 Å². The monoisotopic (exact) mass is 496 g/mol. The minimum Gasteiger partial charge on any atom is -0.449 e. The Morgan fingerprint density at radius 3 is 2.47 bits per heavy atom. The first-order valence-electron chi connectivity index (χ1n) is 11.9. The van der Waals surface area contributed by atoms with Gasteiger partial charge in [-0.1, -0.05) is 30.2 Å². The molecule has 1 atom stereocenters. The minimum atomic E-state index is -0.993. The number of benzene rings is 2. The van der Waals surface area contributed by atoms with Crippen LogP contribution < -0.4 is 5.32 Å². The molecule has 1 aliphatic carbocycles. The second-order valence-electron chi connectivity index (χ2n) is 9.12. The predicted molar refractivity (Wildman–Crippen MR) is 128 cm³/mol. The molecule has 5 nitrogen and oxygen atoms in total. The highest BCUT2D eigenvalue weighted by atomic mass is 19.2. The molecule has 8 heteroatoms. The fourth-order valence-electron chi connectivity index (χ4n) is 4.60. The Hall–Kier alpha value is -3.68. The van der Waals surface area contributed by atoms with Gasteiger partial charge in [0.15, 0.2) is 23.3 Å². The Kier molecular flexibility index (Phi) is 7.72. The number of aromatic nitrogens is 1. The van der Waals surface area contributed by atoms with E-state index in [2.05, 4.69) is 10.3 Å². The summed E-state index contributed by atoms with van der Waals surface area (Å²) < 4.78 is 47.6. The molecular weight excluding hydrogens is 469 g/mol. The molecule has 1 N–H and O–H groups in total. The highest BCUT2D eigenvalue weighted by molar-refractivity contribution is 6.22. The SMILES string of the molecule is CC(=O)c1c(F)cccc1C(C(=O)NC(c1ccc(F)c(F)c1)C1CCC1)=C(C)CCc1ncco1. The van der Waals surface area contributed by atoms with Crippen LogP contribution in [-0.2, 0) is 11.2 Å². The van der Waals surface area contributed by atoms with Crippen LogP contribution in [0.1, 0.15) is 72.9 Å². The Labute approximate surface area is 207 Å². The van der Waals surface area contributed by atoms with Gasteiger partial charge in [0.2, 0.25) is 0 Å². The van der Waals surface area contributed by atoms with Gasteiger partial charge in [0.05, 0.1) is 17.8 Å². The Balaban J connectivity index is 1.74. The molecule has 1 fully saturated rings. The molecule has 1 unspecified atom stereocenters. The average molecular weight is 497 g/mol. The number of aryl methyl sites for hydroxylation is 1. The zero-order valence-corrected chi connectivity index (χ0v) is 20.1. The average Bonchev–Trinajstić information content (AvgIpc) is 3.31. The van der Waals surface area contributed by atoms with Crippen LogP contribution >= 0.6 is 0 Å². The largest absolute Gasteiger partial charge is 0.449 e. The van der Waals surface area contributed by atoms with Crippen LogP contribution in [-0.4, -0.2) is 16.7 Å². The molecule has 188 valence electrons. The van der Waals surface area contributed by atoms with Crippen molar-refractivity contribution in [2.75, 3.05) is 0 Å². The summed E-state index contributed by atoms with van der Waals surface area (Å²) in [5.41, 5.74) is 1.23. The number of carbonyl (C=O) groups excluding carboxylic acids is 2. The molecule has 0 spiro atoms. The highest BCUT2D eigenvalue weighted by Gasteiger charge is 2.32. The van der Waals surface area contributed by atoms with Crippen molar-refractivity contribution in [3.63, 3.8) is 0 Å². The second-order valence-corrected chi connectivity index (χ2v) is 9.12. The van der Waals surface area contributed by atoms with Gasteiger partial charge >= 0.3 is 0 Å². The third-order valence-corrected chi connectivity index (χ3v) is 6.70. The lowest BCUT2D eigenvalue weighted by Gasteiger charge is -2.35. The van der Waals surface area contributed by atoms with E-state index in [9.17, 15) is 22.8 Å². The van der Waals surface area contributed by atoms with E-state index in [1.807, 2.05) is 0 Å². The van der Waals surface area contributed by atoms with Gasteiger partial charge in [-0.05, 0) is 62.8 Å². The van der Waals surface area contributed by atoms with E-state index in [0.29, 0.717) is 29.9 Å². The van der Waals surface area contributed by atoms with Gasteiger partial charge < -0.3 is 9.73 Å². The lowest BCUT2D eigenvalue weighted by Crippen LogP contribution is -2.37. The fraction of sp³-hybridized carbons (Fsp3) is 0.321. The van der Waals surface area contributed by atoms with Crippen LogP contribution in [0.3, 0.4) is 0 Å². The number of ketones is 1. The molecule has 3 aromatic rings. The number of Topliss-reactive ketones (excluding diaryl/α,β-unsaturated/α-hetero) is 1. The standard InChI is InChI=1S/C28H27F3N2O3/c1-16(9-12-24-32-13-14-36-24)25(20-7-4-8-22(30)26(20)17(2)34)28(35)33-27(18-5-3-6-18)19-10-11-21(29)23(31)15-19/h4,7-8,10-11,13-15,18,27H,3,5-6,9,12H2,1-2H3,(H,33,35). The van der Waals surface area contributed by atoms with Crippen LogP contribution in [0.15, 0.2) is 58.8 Å². The number of carbonyl (C=O) groups is 2. The van der Waals surface area contributed by atoms with Crippen LogP contribution in [0.2, 0.25) is 0 Å². The van der Waals surface area contributed by atoms with E-state index in [0.717, 1.165) is 31.4 Å². The summed E-state index contributed by atoms with van der Waals surface area (Å²) >= 11 is 0. The molecule has 1 saturated carbocycles. The Bertz CT molecular complexity index is 1300. The van der Waals surface area contributed by atoms with Gasteiger partial charge in [0.1, 0.15) is 12.1 Å². The first-order valence-corrected chi connectivity index (χ1v) is 11.9. The van der Waals surface area contributed by atoms with Gasteiger partial charge in [-0.2, -0.15) is 0 Å². The van der Waals surface area contributed by atoms with Crippen molar-refractivity contribution in [1.29, 1.82) is 0 Å². The van der Waals surface area contributed by atoms with Crippen LogP contribution in [0.5, 0.6) is 0 Å². The van der Waals surface area contributed by atoms with Gasteiger partial charge in [0, 0.05) is 17.6 Å². The molecule has 0 saturated heterocycles. The van der Waals surface area contributed by atoms with Crippen LogP contribution in [0.4, 0.5) is 13.2 Å². The third-order valence-electron chi connectivity index (χ3n) is 6.70. The molecule has 1 aliphatic rings. The third kappa shape index (κ3) is 5.42. The molecule has 1 heterocycles. The van der Waals surface area contributed by atoms with Crippen molar-refractivity contribution in [2.45, 2.75) is 52.0 Å². The highest BCUT2D eigenvalue weighted by Crippen LogP contribution is 2.39. The summed E-state index contributed by atoms with van der Waals surface area (Å²) in [6.07, 6.45) is 6.36. The van der Waals surface area contributed by atoms with Gasteiger partial charge in [-0.3, -0.25) is 9.59 Å². The number of rotatable bonds is 9. The predicted octanol–water partition coefficient (Wildman–Crippen LogP) is 6.36. The fourth-order valence-corrected chi connectivity index (χ4v) is 4.60. The summed E-state index contributed by atoms with van der Waals surface area (Å²) in [6, 6.07) is 7.20. The number of halogens is 3. The van der Waals surface area contributed by atoms with Gasteiger partial charge in [0.25, 0.3) is 5.91 Å². The molecule has 0 aliphatic heterocycles. The van der Waals surface area contributed by atoms with Crippen molar-refractivity contribution >= 4 is 17.3 Å². The van der Waals surface area contributed by atoms with E-state index in [1.54, 1.807) is 13.0 Å². The number of nitrogens with one attached hydrogen (secondary N) is 1. The lowest BCUT2D eigenvalue weighted by molar-refractivity contribution is -0.117. The topological polar surface area (TPSA) is 72.2 Å². The maximum atomic E-state index is 14.7. The summed E-state index contributed by atoms with van der Waals surface area (Å²) in [5.74, 6) is -3.18. The van der Waals surface area contributed by atoms with Crippen molar-refractivity contribution in [2.24, 2.45) is 5.92 Å². The maximum absolute atomic E-state index is 14.7. The molecule has 2 aromatic carbocycles. The van der Waals surface area contributed by atoms with Crippen molar-refractivity contribution in [3.05, 3.63) is 94.5 Å². The number of oxazole rings is 1. The quantitative estimate of drug-likeness (QED) is 0.276.